The van der Waals surface area contributed by atoms with E-state index in [0.717, 1.165) is 0 Å². The number of hydrogen-bond acceptors (Lipinski definition) is 4. The summed E-state index contributed by atoms with van der Waals surface area (Å²) in [6.07, 6.45) is 1.26. The molecule has 2 aromatic carbocycles. The van der Waals surface area contributed by atoms with Crippen molar-refractivity contribution in [3.05, 3.63) is 88.2 Å². The average molecular weight is 405 g/mol. The molecule has 7 heteroatoms. The predicted molar refractivity (Wildman–Crippen MR) is 109 cm³/mol. The number of nitrogens with zero attached hydrogens (tertiary/aromatic N) is 3. The largest absolute Gasteiger partial charge is 0.368 e. The van der Waals surface area contributed by atoms with Gasteiger partial charge in [-0.2, -0.15) is 5.26 Å². The van der Waals surface area contributed by atoms with E-state index in [4.69, 9.17) is 0 Å². The second-order valence-electron chi connectivity index (χ2n) is 7.22. The van der Waals surface area contributed by atoms with Crippen molar-refractivity contribution in [1.82, 2.24) is 4.57 Å². The summed E-state index contributed by atoms with van der Waals surface area (Å²) in [5.41, 5.74) is 0.828. The summed E-state index contributed by atoms with van der Waals surface area (Å²) < 4.78 is 28.7. The van der Waals surface area contributed by atoms with Crippen LogP contribution in [0.3, 0.4) is 0 Å². The van der Waals surface area contributed by atoms with E-state index in [1.165, 1.54) is 41.0 Å². The Kier molecular flexibility index (Phi) is 4.92. The van der Waals surface area contributed by atoms with Gasteiger partial charge in [-0.1, -0.05) is 18.7 Å². The van der Waals surface area contributed by atoms with E-state index in [9.17, 15) is 23.6 Å². The van der Waals surface area contributed by atoms with Crippen LogP contribution < -0.4 is 10.5 Å². The first-order chi connectivity index (χ1) is 14.4. The maximum absolute atomic E-state index is 14.1. The van der Waals surface area contributed by atoms with Crippen molar-refractivity contribution in [2.24, 2.45) is 5.92 Å². The maximum Gasteiger partial charge on any atom is 0.271 e. The van der Waals surface area contributed by atoms with Crippen molar-refractivity contribution in [2.75, 3.05) is 18.0 Å². The molecule has 0 atom stereocenters. The van der Waals surface area contributed by atoms with Gasteiger partial charge in [0, 0.05) is 18.5 Å². The first-order valence-corrected chi connectivity index (χ1v) is 9.34. The lowest BCUT2D eigenvalue weighted by Crippen LogP contribution is -2.51. The van der Waals surface area contributed by atoms with Gasteiger partial charge in [-0.15, -0.1) is 0 Å². The summed E-state index contributed by atoms with van der Waals surface area (Å²) in [5.74, 6) is -1.27. The lowest BCUT2D eigenvalue weighted by molar-refractivity contribution is -0.118. The molecule has 0 bridgehead atoms. The highest BCUT2D eigenvalue weighted by Gasteiger charge is 2.34. The number of nitriles is 1. The normalized spacial score (nSPS) is 13.7. The van der Waals surface area contributed by atoms with Crippen LogP contribution in [0.25, 0.3) is 10.9 Å². The van der Waals surface area contributed by atoms with E-state index in [-0.39, 0.29) is 23.8 Å². The van der Waals surface area contributed by atoms with Crippen LogP contribution in [0.1, 0.15) is 11.1 Å². The topological polar surface area (TPSA) is 66.1 Å². The van der Waals surface area contributed by atoms with Gasteiger partial charge >= 0.3 is 0 Å². The van der Waals surface area contributed by atoms with Crippen LogP contribution in [-0.2, 0) is 11.3 Å². The number of pyridine rings is 1. The number of anilines is 1. The average Bonchev–Trinajstić information content (AvgIpc) is 2.71. The number of benzene rings is 2. The van der Waals surface area contributed by atoms with E-state index in [0.29, 0.717) is 35.2 Å². The van der Waals surface area contributed by atoms with Crippen LogP contribution in [0, 0.1) is 28.9 Å². The molecular weight excluding hydrogens is 388 g/mol. The van der Waals surface area contributed by atoms with Crippen molar-refractivity contribution in [3.63, 3.8) is 0 Å². The minimum absolute atomic E-state index is 0.105. The zero-order valence-corrected chi connectivity index (χ0v) is 15.9. The highest BCUT2D eigenvalue weighted by atomic mass is 19.1. The number of allylic oxidation sites excluding steroid dienone is 1. The number of fused-ring (bicyclic) bond motifs is 1. The van der Waals surface area contributed by atoms with Crippen molar-refractivity contribution in [1.29, 1.82) is 5.26 Å². The minimum Gasteiger partial charge on any atom is -0.368 e. The molecule has 1 aliphatic heterocycles. The van der Waals surface area contributed by atoms with Crippen LogP contribution in [0.4, 0.5) is 14.5 Å². The molecule has 0 radical (unpaired) electrons. The molecule has 0 saturated carbocycles. The van der Waals surface area contributed by atoms with Crippen molar-refractivity contribution >= 4 is 22.4 Å². The Morgan fingerprint density at radius 1 is 1.17 bits per heavy atom. The molecule has 1 aliphatic rings. The molecule has 1 aromatic heterocycles. The monoisotopic (exact) mass is 405 g/mol. The molecule has 0 unspecified atom stereocenters. The molecule has 150 valence electrons. The van der Waals surface area contributed by atoms with Crippen LogP contribution in [0.5, 0.6) is 0 Å². The number of rotatable bonds is 5. The van der Waals surface area contributed by atoms with Gasteiger partial charge in [0.2, 0.25) is 0 Å². The zero-order chi connectivity index (χ0) is 21.4. The molecular formula is C23H17F2N3O2. The number of carbonyl (C=O) groups is 1. The summed E-state index contributed by atoms with van der Waals surface area (Å²) in [7, 11) is 0. The molecule has 0 amide bonds. The smallest absolute Gasteiger partial charge is 0.271 e. The number of aromatic nitrogens is 1. The fraction of sp³-hybridized carbons (Fsp3) is 0.174. The van der Waals surface area contributed by atoms with Gasteiger partial charge in [-0.3, -0.25) is 9.59 Å². The third kappa shape index (κ3) is 3.26. The van der Waals surface area contributed by atoms with Crippen LogP contribution in [-0.4, -0.2) is 23.4 Å². The zero-order valence-electron chi connectivity index (χ0n) is 15.9. The number of hydrogen-bond donors (Lipinski definition) is 0. The Balaban J connectivity index is 1.87. The highest BCUT2D eigenvalue weighted by Crippen LogP contribution is 2.34. The van der Waals surface area contributed by atoms with Crippen LogP contribution in [0.15, 0.2) is 59.9 Å². The molecule has 3 aromatic rings. The number of halogens is 2. The standard InChI is InChI=1S/C23H17F2N3O2/c1-2-21(29)15-12-27(13-15)22-18-9-17(25)7-8-20(18)28(23(30)19(22)10-26)11-14-3-5-16(24)6-4-14/h2-9,15H,1,11-13H2. The second kappa shape index (κ2) is 7.56. The lowest BCUT2D eigenvalue weighted by atomic mass is 9.92. The lowest BCUT2D eigenvalue weighted by Gasteiger charge is -2.40. The van der Waals surface area contributed by atoms with E-state index < -0.39 is 17.2 Å². The van der Waals surface area contributed by atoms with Crippen LogP contribution in [0.2, 0.25) is 0 Å². The number of carbonyl (C=O) groups excluding carboxylic acids is 1. The van der Waals surface area contributed by atoms with Gasteiger partial charge in [-0.25, -0.2) is 8.78 Å². The van der Waals surface area contributed by atoms with Gasteiger partial charge in [0.15, 0.2) is 5.78 Å². The van der Waals surface area contributed by atoms with Crippen molar-refractivity contribution in [3.8, 4) is 6.07 Å². The molecule has 4 rings (SSSR count). The van der Waals surface area contributed by atoms with Crippen molar-refractivity contribution in [2.45, 2.75) is 6.54 Å². The van der Waals surface area contributed by atoms with Crippen LogP contribution >= 0.6 is 0 Å². The Bertz CT molecular complexity index is 1270. The third-order valence-corrected chi connectivity index (χ3v) is 5.37. The third-order valence-electron chi connectivity index (χ3n) is 5.37. The SMILES string of the molecule is C=CC(=O)C1CN(c2c(C#N)c(=O)n(Cc3ccc(F)cc3)c3ccc(F)cc23)C1. The molecule has 30 heavy (non-hydrogen) atoms. The van der Waals surface area contributed by atoms with E-state index in [1.807, 2.05) is 6.07 Å². The first-order valence-electron chi connectivity index (χ1n) is 9.34. The fourth-order valence-electron chi connectivity index (χ4n) is 3.78. The Labute approximate surface area is 171 Å². The summed E-state index contributed by atoms with van der Waals surface area (Å²) in [4.78, 5) is 26.7. The van der Waals surface area contributed by atoms with Gasteiger partial charge in [0.05, 0.1) is 23.7 Å². The Hall–Kier alpha value is -3.79. The van der Waals surface area contributed by atoms with E-state index >= 15 is 0 Å². The van der Waals surface area contributed by atoms with Gasteiger partial charge in [-0.05, 0) is 42.0 Å². The van der Waals surface area contributed by atoms with Crippen molar-refractivity contribution < 1.29 is 13.6 Å². The van der Waals surface area contributed by atoms with Gasteiger partial charge in [0.1, 0.15) is 23.3 Å². The molecule has 0 N–H and O–H groups in total. The quantitative estimate of drug-likeness (QED) is 0.611. The Morgan fingerprint density at radius 3 is 2.47 bits per heavy atom. The maximum atomic E-state index is 14.1. The summed E-state index contributed by atoms with van der Waals surface area (Å²) in [6.45, 7) is 4.24. The summed E-state index contributed by atoms with van der Waals surface area (Å²) in [5, 5.41) is 10.1. The second-order valence-corrected chi connectivity index (χ2v) is 7.22. The summed E-state index contributed by atoms with van der Waals surface area (Å²) in [6, 6.07) is 11.7. The minimum atomic E-state index is -0.519. The van der Waals surface area contributed by atoms with Gasteiger partial charge in [0.25, 0.3) is 5.56 Å². The predicted octanol–water partition coefficient (Wildman–Crippen LogP) is 3.39. The number of ketones is 1. The first kappa shape index (κ1) is 19.5. The van der Waals surface area contributed by atoms with E-state index in [2.05, 4.69) is 6.58 Å². The molecule has 0 spiro atoms. The Morgan fingerprint density at radius 2 is 1.83 bits per heavy atom. The molecule has 2 heterocycles. The fourth-order valence-corrected chi connectivity index (χ4v) is 3.78. The van der Waals surface area contributed by atoms with Gasteiger partial charge < -0.3 is 9.47 Å². The molecule has 1 saturated heterocycles. The molecule has 0 aliphatic carbocycles. The van der Waals surface area contributed by atoms with E-state index in [1.54, 1.807) is 17.0 Å². The highest BCUT2D eigenvalue weighted by molar-refractivity contribution is 5.98. The summed E-state index contributed by atoms with van der Waals surface area (Å²) >= 11 is 0. The molecule has 5 nitrogen and oxygen atoms in total. The molecule has 1 fully saturated rings.